The Balaban J connectivity index is 0.000000239. The Morgan fingerprint density at radius 3 is 1.99 bits per heavy atom. The predicted octanol–water partition coefficient (Wildman–Crippen LogP) is 19.5. The van der Waals surface area contributed by atoms with Gasteiger partial charge in [-0.2, -0.15) is 0 Å². The van der Waals surface area contributed by atoms with Gasteiger partial charge >= 0.3 is 0 Å². The van der Waals surface area contributed by atoms with Crippen LogP contribution in [0.3, 0.4) is 0 Å². The van der Waals surface area contributed by atoms with E-state index in [1.807, 2.05) is 37.3 Å². The Morgan fingerprint density at radius 1 is 0.671 bits per heavy atom. The van der Waals surface area contributed by atoms with E-state index >= 15 is 0 Å². The normalized spacial score (nSPS) is 18.5. The zero-order valence-electron chi connectivity index (χ0n) is 44.1. The first kappa shape index (κ1) is 49.9. The van der Waals surface area contributed by atoms with E-state index in [2.05, 4.69) is 237 Å². The molecule has 73 heavy (non-hydrogen) atoms. The molecule has 8 aromatic rings. The second kappa shape index (κ2) is 20.6. The van der Waals surface area contributed by atoms with Gasteiger partial charge in [-0.15, -0.1) is 0 Å². The van der Waals surface area contributed by atoms with E-state index in [0.717, 1.165) is 100 Å². The minimum Gasteiger partial charge on any atom is -0.483 e. The summed E-state index contributed by atoms with van der Waals surface area (Å²) in [6.07, 6.45) is 18.1. The summed E-state index contributed by atoms with van der Waals surface area (Å²) in [4.78, 5) is 2.41. The third-order valence-corrected chi connectivity index (χ3v) is 13.0. The third-order valence-electron chi connectivity index (χ3n) is 13.0. The average molecular weight is 961 g/mol. The van der Waals surface area contributed by atoms with Crippen LogP contribution in [0, 0.1) is 24.7 Å². The molecule has 2 atom stereocenters. The van der Waals surface area contributed by atoms with Crippen LogP contribution in [0.25, 0.3) is 43.5 Å². The molecule has 1 aliphatic carbocycles. The fourth-order valence-electron chi connectivity index (χ4n) is 9.51. The predicted molar refractivity (Wildman–Crippen MR) is 311 cm³/mol. The van der Waals surface area contributed by atoms with Crippen LogP contribution in [-0.4, -0.2) is 6.10 Å². The van der Waals surface area contributed by atoms with Gasteiger partial charge in [0.25, 0.3) is 0 Å². The quantitative estimate of drug-likeness (QED) is 0.161. The van der Waals surface area contributed by atoms with Crippen molar-refractivity contribution in [3.05, 3.63) is 246 Å². The number of benzene rings is 7. The van der Waals surface area contributed by atoms with Gasteiger partial charge in [0.05, 0.1) is 17.1 Å². The van der Waals surface area contributed by atoms with E-state index in [1.165, 1.54) is 16.7 Å². The summed E-state index contributed by atoms with van der Waals surface area (Å²) in [5.41, 5.74) is 13.2. The van der Waals surface area contributed by atoms with Gasteiger partial charge in [-0.3, -0.25) is 0 Å². The Bertz CT molecular complexity index is 3570. The minimum absolute atomic E-state index is 0.0163. The van der Waals surface area contributed by atoms with Crippen molar-refractivity contribution in [3.63, 3.8) is 0 Å². The van der Waals surface area contributed by atoms with Crippen LogP contribution in [0.4, 0.5) is 22.7 Å². The zero-order chi connectivity index (χ0) is 51.6. The van der Waals surface area contributed by atoms with Gasteiger partial charge in [-0.25, -0.2) is 0 Å². The number of furan rings is 1. The second-order valence-corrected chi connectivity index (χ2v) is 21.8. The molecule has 7 aromatic carbocycles. The van der Waals surface area contributed by atoms with E-state index < -0.39 is 0 Å². The SMILES string of the molecule is C=C/C=C\C1=C(/C)O/C(C(C)(C)C)=C\C=C/C1=C.CC(C)(C)C.Cc1ccc(Nc2cc3oc4c5ccccc5c(N(C5=CC=CC6c7ccccc7OC56)c5ccc(C)cc5)cc4c3c3ccccc23)cc1. The molecule has 368 valence electrons. The Kier molecular flexibility index (Phi) is 14.1. The lowest BCUT2D eigenvalue weighted by atomic mass is 9.89. The molecule has 0 fully saturated rings. The highest BCUT2D eigenvalue weighted by Crippen LogP contribution is 2.50. The Labute approximate surface area is 432 Å². The molecule has 2 unspecified atom stereocenters. The molecule has 0 bridgehead atoms. The minimum atomic E-state index is -0.162. The smallest absolute Gasteiger partial charge is 0.149 e. The van der Waals surface area contributed by atoms with Gasteiger partial charge < -0.3 is 24.1 Å². The standard InChI is InChI=1S/C46H34N2O2.C17H22O.C5H12/c1-28-18-22-30(23-19-28)47-39-27-43-44(35-13-5-3-10-32(35)39)38-26-41(33-11-4-6-14-36(33)45(38)50-43)48(31-24-20-29(2)21-25-31)40-16-9-15-37-34-12-7-8-17-42(34)49-46(37)40;1-7-8-11-15-13(2)10-9-12-16(17(4,5)6)18-14(15)3;1-5(2,3)4/h3-27,37,46-47H,1-2H3;7-12H,1-2H2,3-6H3;1-4H3/b;10-9-,11-8-,15-14-,16-12-;. The number of nitrogens with one attached hydrogen (secondary N) is 1. The van der Waals surface area contributed by atoms with E-state index in [9.17, 15) is 0 Å². The van der Waals surface area contributed by atoms with E-state index in [1.54, 1.807) is 6.08 Å². The number of fused-ring (bicyclic) bond motifs is 10. The molecule has 0 amide bonds. The number of hydrogen-bond acceptors (Lipinski definition) is 5. The van der Waals surface area contributed by atoms with Gasteiger partial charge in [0.2, 0.25) is 0 Å². The van der Waals surface area contributed by atoms with Crippen LogP contribution in [0.1, 0.15) is 78.0 Å². The lowest BCUT2D eigenvalue weighted by molar-refractivity contribution is 0.217. The van der Waals surface area contributed by atoms with E-state index in [4.69, 9.17) is 13.9 Å². The van der Waals surface area contributed by atoms with Crippen molar-refractivity contribution in [3.8, 4) is 5.75 Å². The lowest BCUT2D eigenvalue weighted by Crippen LogP contribution is -2.32. The van der Waals surface area contributed by atoms with Crippen LogP contribution in [0.5, 0.6) is 5.75 Å². The van der Waals surface area contributed by atoms with Gasteiger partial charge in [0.15, 0.2) is 0 Å². The average Bonchev–Trinajstić information content (AvgIpc) is 3.93. The molecule has 1 aromatic heterocycles. The van der Waals surface area contributed by atoms with Crippen LogP contribution >= 0.6 is 0 Å². The highest BCUT2D eigenvalue weighted by molar-refractivity contribution is 6.27. The molecule has 0 spiro atoms. The number of para-hydroxylation sites is 1. The monoisotopic (exact) mass is 961 g/mol. The Morgan fingerprint density at radius 2 is 1.30 bits per heavy atom. The molecule has 2 aliphatic heterocycles. The fraction of sp³-hybridized carbons (Fsp3) is 0.206. The summed E-state index contributed by atoms with van der Waals surface area (Å²) < 4.78 is 19.6. The number of nitrogens with zero attached hydrogens (tertiary/aromatic N) is 1. The highest BCUT2D eigenvalue weighted by Gasteiger charge is 2.40. The third kappa shape index (κ3) is 10.8. The number of aryl methyl sites for hydroxylation is 2. The van der Waals surface area contributed by atoms with E-state index in [0.29, 0.717) is 5.41 Å². The fourth-order valence-corrected chi connectivity index (χ4v) is 9.51. The van der Waals surface area contributed by atoms with Crippen LogP contribution in [0.2, 0.25) is 0 Å². The van der Waals surface area contributed by atoms with Crippen molar-refractivity contribution < 1.29 is 13.9 Å². The summed E-state index contributed by atoms with van der Waals surface area (Å²) in [6, 6.07) is 47.5. The van der Waals surface area contributed by atoms with Crippen LogP contribution in [-0.2, 0) is 4.74 Å². The molecule has 0 saturated heterocycles. The van der Waals surface area contributed by atoms with Crippen molar-refractivity contribution in [1.82, 2.24) is 0 Å². The van der Waals surface area contributed by atoms with Gasteiger partial charge in [0, 0.05) is 66.8 Å². The first-order valence-corrected chi connectivity index (χ1v) is 25.4. The summed E-state index contributed by atoms with van der Waals surface area (Å²) in [5.74, 6) is 2.90. The maximum Gasteiger partial charge on any atom is 0.149 e. The second-order valence-electron chi connectivity index (χ2n) is 21.8. The molecule has 0 saturated carbocycles. The first-order valence-electron chi connectivity index (χ1n) is 25.4. The number of allylic oxidation sites excluding steroid dienone is 12. The number of anilines is 4. The van der Waals surface area contributed by atoms with Crippen molar-refractivity contribution in [2.45, 2.75) is 81.3 Å². The van der Waals surface area contributed by atoms with E-state index in [-0.39, 0.29) is 17.4 Å². The van der Waals surface area contributed by atoms with Crippen LogP contribution < -0.4 is 15.0 Å². The Hall–Kier alpha value is -8.02. The number of rotatable bonds is 7. The summed E-state index contributed by atoms with van der Waals surface area (Å²) in [7, 11) is 0. The summed E-state index contributed by atoms with van der Waals surface area (Å²) in [5, 5.41) is 10.4. The van der Waals surface area contributed by atoms with Crippen LogP contribution in [0.15, 0.2) is 234 Å². The molecular formula is C68H68N2O3. The van der Waals surface area contributed by atoms with Crippen molar-refractivity contribution in [1.29, 1.82) is 0 Å². The first-order chi connectivity index (χ1) is 35.0. The van der Waals surface area contributed by atoms with Crippen molar-refractivity contribution in [2.24, 2.45) is 10.8 Å². The summed E-state index contributed by atoms with van der Waals surface area (Å²) >= 11 is 0. The molecule has 5 nitrogen and oxygen atoms in total. The largest absolute Gasteiger partial charge is 0.483 e. The molecule has 3 heterocycles. The molecule has 0 radical (unpaired) electrons. The lowest BCUT2D eigenvalue weighted by Gasteiger charge is -2.34. The molecular weight excluding hydrogens is 893 g/mol. The van der Waals surface area contributed by atoms with Gasteiger partial charge in [-0.1, -0.05) is 206 Å². The molecule has 11 rings (SSSR count). The van der Waals surface area contributed by atoms with Crippen molar-refractivity contribution >= 4 is 66.2 Å². The summed E-state index contributed by atoms with van der Waals surface area (Å²) in [6.45, 7) is 29.1. The van der Waals surface area contributed by atoms with Crippen molar-refractivity contribution in [2.75, 3.05) is 10.2 Å². The number of hydrogen-bond donors (Lipinski definition) is 1. The van der Waals surface area contributed by atoms with Gasteiger partial charge in [0.1, 0.15) is 34.5 Å². The molecule has 3 aliphatic rings. The maximum atomic E-state index is 6.88. The number of ether oxygens (including phenoxy) is 2. The molecule has 1 N–H and O–H groups in total. The van der Waals surface area contributed by atoms with Gasteiger partial charge in [-0.05, 0) is 85.7 Å². The zero-order valence-corrected chi connectivity index (χ0v) is 44.1. The maximum absolute atomic E-state index is 6.88. The molecule has 5 heteroatoms. The highest BCUT2D eigenvalue weighted by atomic mass is 16.5. The topological polar surface area (TPSA) is 46.9 Å².